The fraction of sp³-hybridized carbons (Fsp3) is 0.545. The van der Waals surface area contributed by atoms with Crippen LogP contribution >= 0.6 is 0 Å². The summed E-state index contributed by atoms with van der Waals surface area (Å²) in [6.07, 6.45) is 3.90. The molecule has 0 aromatic carbocycles. The van der Waals surface area contributed by atoms with Crippen LogP contribution in [0, 0.1) is 0 Å². The summed E-state index contributed by atoms with van der Waals surface area (Å²) >= 11 is 0. The number of aryl methyl sites for hydroxylation is 1. The molecule has 0 bridgehead atoms. The Morgan fingerprint density at radius 1 is 1.56 bits per heavy atom. The zero-order valence-electron chi connectivity index (χ0n) is 10.5. The van der Waals surface area contributed by atoms with E-state index in [2.05, 4.69) is 15.6 Å². The van der Waals surface area contributed by atoms with Crippen molar-refractivity contribution in [2.45, 2.75) is 32.4 Å². The van der Waals surface area contributed by atoms with E-state index in [4.69, 9.17) is 5.11 Å². The van der Waals surface area contributed by atoms with E-state index in [0.717, 1.165) is 5.82 Å². The molecule has 1 unspecified atom stereocenters. The summed E-state index contributed by atoms with van der Waals surface area (Å²) in [6, 6.07) is -0.502. The zero-order valence-corrected chi connectivity index (χ0v) is 10.5. The van der Waals surface area contributed by atoms with Gasteiger partial charge in [0.2, 0.25) is 0 Å². The first-order valence-corrected chi connectivity index (χ1v) is 5.71. The van der Waals surface area contributed by atoms with Crippen molar-refractivity contribution in [1.29, 1.82) is 0 Å². The minimum atomic E-state index is -0.864. The number of carboxylic acid groups (broad SMARTS) is 1. The average Bonchev–Trinajstić information content (AvgIpc) is 2.69. The Labute approximate surface area is 105 Å². The lowest BCUT2D eigenvalue weighted by atomic mass is 10.2. The molecule has 1 aromatic heterocycles. The smallest absolute Gasteiger partial charge is 0.315 e. The third-order valence-electron chi connectivity index (χ3n) is 2.50. The molecular formula is C11H18N4O3. The number of nitrogens with one attached hydrogen (secondary N) is 2. The van der Waals surface area contributed by atoms with Crippen molar-refractivity contribution in [2.75, 3.05) is 0 Å². The Morgan fingerprint density at radius 3 is 2.83 bits per heavy atom. The maximum atomic E-state index is 11.5. The molecule has 2 amide bonds. The van der Waals surface area contributed by atoms with E-state index in [1.165, 1.54) is 0 Å². The van der Waals surface area contributed by atoms with Crippen LogP contribution in [0.4, 0.5) is 4.79 Å². The molecule has 0 radical (unpaired) electrons. The first-order valence-electron chi connectivity index (χ1n) is 5.71. The Hall–Kier alpha value is -2.05. The van der Waals surface area contributed by atoms with Gasteiger partial charge in [-0.25, -0.2) is 9.78 Å². The molecule has 1 rings (SSSR count). The average molecular weight is 254 g/mol. The van der Waals surface area contributed by atoms with Gasteiger partial charge in [-0.1, -0.05) is 0 Å². The van der Waals surface area contributed by atoms with E-state index in [-0.39, 0.29) is 18.5 Å². The highest BCUT2D eigenvalue weighted by atomic mass is 16.4. The van der Waals surface area contributed by atoms with Crippen LogP contribution in [0.25, 0.3) is 0 Å². The van der Waals surface area contributed by atoms with Crippen molar-refractivity contribution < 1.29 is 14.7 Å². The quantitative estimate of drug-likeness (QED) is 0.687. The molecule has 18 heavy (non-hydrogen) atoms. The predicted octanol–water partition coefficient (Wildman–Crippen LogP) is 0.473. The number of urea groups is 1. The number of carbonyl (C=O) groups is 2. The Morgan fingerprint density at radius 2 is 2.28 bits per heavy atom. The van der Waals surface area contributed by atoms with Gasteiger partial charge < -0.3 is 20.3 Å². The van der Waals surface area contributed by atoms with Crippen molar-refractivity contribution in [2.24, 2.45) is 7.05 Å². The van der Waals surface area contributed by atoms with Gasteiger partial charge in [0.1, 0.15) is 5.82 Å². The second kappa shape index (κ2) is 6.63. The van der Waals surface area contributed by atoms with Gasteiger partial charge in [-0.15, -0.1) is 0 Å². The molecule has 0 saturated heterocycles. The summed E-state index contributed by atoms with van der Waals surface area (Å²) in [6.45, 7) is 2.10. The number of amides is 2. The van der Waals surface area contributed by atoms with Crippen LogP contribution in [-0.2, 0) is 18.4 Å². The largest absolute Gasteiger partial charge is 0.481 e. The Kier molecular flexibility index (Phi) is 5.16. The number of rotatable bonds is 6. The van der Waals surface area contributed by atoms with Crippen LogP contribution < -0.4 is 10.6 Å². The second-order valence-electron chi connectivity index (χ2n) is 4.11. The number of aromatic nitrogens is 2. The van der Waals surface area contributed by atoms with E-state index < -0.39 is 5.97 Å². The summed E-state index contributed by atoms with van der Waals surface area (Å²) in [5.74, 6) is -0.111. The lowest BCUT2D eigenvalue weighted by molar-refractivity contribution is -0.137. The first kappa shape index (κ1) is 14.0. The summed E-state index contributed by atoms with van der Waals surface area (Å²) in [5, 5.41) is 13.8. The summed E-state index contributed by atoms with van der Waals surface area (Å²) < 4.78 is 1.81. The van der Waals surface area contributed by atoms with E-state index >= 15 is 0 Å². The SMILES string of the molecule is CC(CCC(=O)O)NC(=O)NCc1nccn1C. The number of hydrogen-bond donors (Lipinski definition) is 3. The number of aliphatic carboxylic acids is 1. The number of carboxylic acids is 1. The molecule has 7 heteroatoms. The molecular weight excluding hydrogens is 236 g/mol. The number of nitrogens with zero attached hydrogens (tertiary/aromatic N) is 2. The van der Waals surface area contributed by atoms with Gasteiger partial charge in [-0.05, 0) is 13.3 Å². The molecule has 0 aliphatic heterocycles. The number of hydrogen-bond acceptors (Lipinski definition) is 3. The first-order chi connectivity index (χ1) is 8.49. The summed E-state index contributed by atoms with van der Waals surface area (Å²) in [7, 11) is 1.84. The van der Waals surface area contributed by atoms with E-state index in [1.54, 1.807) is 19.3 Å². The van der Waals surface area contributed by atoms with Gasteiger partial charge in [-0.3, -0.25) is 4.79 Å². The predicted molar refractivity (Wildman–Crippen MR) is 64.9 cm³/mol. The van der Waals surface area contributed by atoms with Crippen LogP contribution in [0.3, 0.4) is 0 Å². The van der Waals surface area contributed by atoms with Gasteiger partial charge >= 0.3 is 12.0 Å². The highest BCUT2D eigenvalue weighted by Gasteiger charge is 2.09. The minimum Gasteiger partial charge on any atom is -0.481 e. The van der Waals surface area contributed by atoms with Gasteiger partial charge in [0.15, 0.2) is 0 Å². The summed E-state index contributed by atoms with van der Waals surface area (Å²) in [5.41, 5.74) is 0. The van der Waals surface area contributed by atoms with Crippen LogP contribution in [0.1, 0.15) is 25.6 Å². The van der Waals surface area contributed by atoms with Crippen molar-refractivity contribution in [3.8, 4) is 0 Å². The normalized spacial score (nSPS) is 11.9. The molecule has 3 N–H and O–H groups in total. The van der Waals surface area contributed by atoms with Gasteiger partial charge in [0.25, 0.3) is 0 Å². The second-order valence-corrected chi connectivity index (χ2v) is 4.11. The molecule has 1 atom stereocenters. The maximum absolute atomic E-state index is 11.5. The number of carbonyl (C=O) groups excluding carboxylic acids is 1. The molecule has 100 valence electrons. The fourth-order valence-corrected chi connectivity index (χ4v) is 1.41. The highest BCUT2D eigenvalue weighted by Crippen LogP contribution is 1.96. The van der Waals surface area contributed by atoms with E-state index in [1.807, 2.05) is 11.6 Å². The van der Waals surface area contributed by atoms with Crippen molar-refractivity contribution in [1.82, 2.24) is 20.2 Å². The minimum absolute atomic E-state index is 0.0425. The van der Waals surface area contributed by atoms with Gasteiger partial charge in [0.05, 0.1) is 6.54 Å². The summed E-state index contributed by atoms with van der Waals surface area (Å²) in [4.78, 5) is 25.9. The zero-order chi connectivity index (χ0) is 13.5. The fourth-order valence-electron chi connectivity index (χ4n) is 1.41. The van der Waals surface area contributed by atoms with Crippen LogP contribution in [-0.4, -0.2) is 32.7 Å². The topological polar surface area (TPSA) is 96.2 Å². The number of imidazole rings is 1. The third-order valence-corrected chi connectivity index (χ3v) is 2.50. The highest BCUT2D eigenvalue weighted by molar-refractivity contribution is 5.74. The van der Waals surface area contributed by atoms with Crippen molar-refractivity contribution in [3.05, 3.63) is 18.2 Å². The van der Waals surface area contributed by atoms with Gasteiger partial charge in [0, 0.05) is 31.9 Å². The third kappa shape index (κ3) is 4.86. The van der Waals surface area contributed by atoms with Crippen molar-refractivity contribution in [3.63, 3.8) is 0 Å². The van der Waals surface area contributed by atoms with Gasteiger partial charge in [-0.2, -0.15) is 0 Å². The van der Waals surface area contributed by atoms with Crippen LogP contribution in [0.5, 0.6) is 0 Å². The van der Waals surface area contributed by atoms with Crippen LogP contribution in [0.2, 0.25) is 0 Å². The monoisotopic (exact) mass is 254 g/mol. The molecule has 1 heterocycles. The molecule has 7 nitrogen and oxygen atoms in total. The van der Waals surface area contributed by atoms with E-state index in [0.29, 0.717) is 13.0 Å². The van der Waals surface area contributed by atoms with E-state index in [9.17, 15) is 9.59 Å². The Bertz CT molecular complexity index is 416. The molecule has 0 spiro atoms. The molecule has 0 aliphatic carbocycles. The van der Waals surface area contributed by atoms with Crippen LogP contribution in [0.15, 0.2) is 12.4 Å². The Balaban J connectivity index is 2.25. The molecule has 0 aliphatic rings. The molecule has 0 fully saturated rings. The lowest BCUT2D eigenvalue weighted by Crippen LogP contribution is -2.40. The maximum Gasteiger partial charge on any atom is 0.315 e. The standard InChI is InChI=1S/C11H18N4O3/c1-8(3-4-10(16)17)14-11(18)13-7-9-12-5-6-15(9)2/h5-6,8H,3-4,7H2,1-2H3,(H,16,17)(H2,13,14,18). The molecule has 0 saturated carbocycles. The molecule has 1 aromatic rings. The lowest BCUT2D eigenvalue weighted by Gasteiger charge is -2.13. The van der Waals surface area contributed by atoms with Crippen molar-refractivity contribution >= 4 is 12.0 Å².